The molecule has 1 saturated heterocycles. The van der Waals surface area contributed by atoms with Crippen molar-refractivity contribution in [3.05, 3.63) is 72.3 Å². The van der Waals surface area contributed by atoms with Gasteiger partial charge in [-0.25, -0.2) is 9.59 Å². The van der Waals surface area contributed by atoms with Crippen LogP contribution in [0.25, 0.3) is 11.1 Å². The van der Waals surface area contributed by atoms with Crippen molar-refractivity contribution in [2.45, 2.75) is 43.6 Å². The summed E-state index contributed by atoms with van der Waals surface area (Å²) < 4.78 is 5.60. The summed E-state index contributed by atoms with van der Waals surface area (Å²) >= 11 is 1.45. The topological polar surface area (TPSA) is 95.9 Å². The van der Waals surface area contributed by atoms with Crippen LogP contribution in [0.2, 0.25) is 0 Å². The molecule has 1 aliphatic carbocycles. The summed E-state index contributed by atoms with van der Waals surface area (Å²) in [5.41, 5.74) is 4.45. The molecule has 0 radical (unpaired) electrons. The van der Waals surface area contributed by atoms with E-state index in [4.69, 9.17) is 4.74 Å². The first-order chi connectivity index (χ1) is 16.8. The van der Waals surface area contributed by atoms with Gasteiger partial charge in [0.1, 0.15) is 18.7 Å². The summed E-state index contributed by atoms with van der Waals surface area (Å²) in [5, 5.41) is 12.0. The van der Waals surface area contributed by atoms with Gasteiger partial charge in [0.05, 0.1) is 5.37 Å². The standard InChI is InChI=1S/C27H30N2O5S/c1-4-9-22(24(30)29-23(26(31)32)15-35-25(29)16(2)3)28-27(33)34-14-21-19-12-7-5-10-17(19)18-11-6-8-13-20(18)21/h4-8,10-13,16,21-23,25H,1,9,14-15H2,2-3H3,(H,28,33)(H,31,32). The third kappa shape index (κ3) is 4.93. The van der Waals surface area contributed by atoms with Gasteiger partial charge in [-0.2, -0.15) is 0 Å². The molecule has 2 aliphatic rings. The van der Waals surface area contributed by atoms with Crippen LogP contribution in [0.5, 0.6) is 0 Å². The minimum atomic E-state index is -1.05. The fourth-order valence-electron chi connectivity index (χ4n) is 4.86. The number of carboxylic acids is 1. The molecule has 2 amide bonds. The Labute approximate surface area is 209 Å². The van der Waals surface area contributed by atoms with Crippen LogP contribution < -0.4 is 5.32 Å². The molecule has 2 N–H and O–H groups in total. The number of aliphatic carboxylic acids is 1. The molecule has 0 bridgehead atoms. The Hall–Kier alpha value is -3.26. The largest absolute Gasteiger partial charge is 0.480 e. The second-order valence-electron chi connectivity index (χ2n) is 9.11. The molecule has 4 rings (SSSR count). The molecule has 0 spiro atoms. The SMILES string of the molecule is C=CCC(NC(=O)OCC1c2ccccc2-c2ccccc21)C(=O)N1C(C(=O)O)CSC1C(C)C. The Kier molecular flexibility index (Phi) is 7.50. The molecule has 3 atom stereocenters. The lowest BCUT2D eigenvalue weighted by molar-refractivity contribution is -0.150. The van der Waals surface area contributed by atoms with Gasteiger partial charge in [-0.1, -0.05) is 68.5 Å². The summed E-state index contributed by atoms with van der Waals surface area (Å²) in [4.78, 5) is 39.4. The Morgan fingerprint density at radius 2 is 1.74 bits per heavy atom. The van der Waals surface area contributed by atoms with E-state index in [1.165, 1.54) is 22.7 Å². The summed E-state index contributed by atoms with van der Waals surface area (Å²) in [5.74, 6) is -1.21. The van der Waals surface area contributed by atoms with Gasteiger partial charge in [0, 0.05) is 11.7 Å². The minimum Gasteiger partial charge on any atom is -0.480 e. The predicted molar refractivity (Wildman–Crippen MR) is 136 cm³/mol. The lowest BCUT2D eigenvalue weighted by Gasteiger charge is -2.32. The first-order valence-corrected chi connectivity index (χ1v) is 12.8. The number of amides is 2. The van der Waals surface area contributed by atoms with Gasteiger partial charge in [0.15, 0.2) is 0 Å². The van der Waals surface area contributed by atoms with Crippen LogP contribution in [0.4, 0.5) is 4.79 Å². The lowest BCUT2D eigenvalue weighted by atomic mass is 9.98. The summed E-state index contributed by atoms with van der Waals surface area (Å²) in [7, 11) is 0. The molecule has 8 heteroatoms. The van der Waals surface area contributed by atoms with E-state index in [2.05, 4.69) is 24.0 Å². The number of hydrogen-bond acceptors (Lipinski definition) is 5. The van der Waals surface area contributed by atoms with Crippen molar-refractivity contribution in [2.75, 3.05) is 12.4 Å². The van der Waals surface area contributed by atoms with Crippen LogP contribution in [-0.2, 0) is 14.3 Å². The molecule has 7 nitrogen and oxygen atoms in total. The Balaban J connectivity index is 1.47. The highest BCUT2D eigenvalue weighted by molar-refractivity contribution is 8.00. The fraction of sp³-hybridized carbons (Fsp3) is 0.370. The first kappa shape index (κ1) is 24.9. The highest BCUT2D eigenvalue weighted by atomic mass is 32.2. The fourth-order valence-corrected chi connectivity index (χ4v) is 6.34. The second kappa shape index (κ2) is 10.6. The third-order valence-electron chi connectivity index (χ3n) is 6.48. The van der Waals surface area contributed by atoms with Gasteiger partial charge >= 0.3 is 12.1 Å². The minimum absolute atomic E-state index is 0.0622. The molecular formula is C27H30N2O5S. The van der Waals surface area contributed by atoms with Crippen molar-refractivity contribution in [3.8, 4) is 11.1 Å². The molecule has 184 valence electrons. The highest BCUT2D eigenvalue weighted by Crippen LogP contribution is 2.44. The first-order valence-electron chi connectivity index (χ1n) is 11.7. The van der Waals surface area contributed by atoms with Crippen LogP contribution in [0, 0.1) is 5.92 Å². The van der Waals surface area contributed by atoms with Crippen LogP contribution >= 0.6 is 11.8 Å². The van der Waals surface area contributed by atoms with Crippen molar-refractivity contribution in [1.29, 1.82) is 0 Å². The molecule has 0 aromatic heterocycles. The number of fused-ring (bicyclic) bond motifs is 3. The van der Waals surface area contributed by atoms with Gasteiger partial charge < -0.3 is 20.1 Å². The average molecular weight is 495 g/mol. The molecule has 1 heterocycles. The van der Waals surface area contributed by atoms with E-state index in [-0.39, 0.29) is 30.2 Å². The smallest absolute Gasteiger partial charge is 0.407 e. The van der Waals surface area contributed by atoms with E-state index >= 15 is 0 Å². The zero-order valence-corrected chi connectivity index (χ0v) is 20.7. The zero-order chi connectivity index (χ0) is 25.1. The van der Waals surface area contributed by atoms with Crippen LogP contribution in [-0.4, -0.2) is 57.8 Å². The van der Waals surface area contributed by atoms with E-state index in [1.807, 2.05) is 50.2 Å². The van der Waals surface area contributed by atoms with Crippen molar-refractivity contribution in [3.63, 3.8) is 0 Å². The number of benzene rings is 2. The Morgan fingerprint density at radius 1 is 1.14 bits per heavy atom. The number of thioether (sulfide) groups is 1. The number of hydrogen-bond donors (Lipinski definition) is 2. The highest BCUT2D eigenvalue weighted by Gasteiger charge is 2.45. The van der Waals surface area contributed by atoms with Gasteiger partial charge in [0.2, 0.25) is 5.91 Å². The lowest BCUT2D eigenvalue weighted by Crippen LogP contribution is -2.55. The van der Waals surface area contributed by atoms with E-state index in [0.717, 1.165) is 22.3 Å². The molecule has 0 saturated carbocycles. The van der Waals surface area contributed by atoms with Crippen molar-refractivity contribution < 1.29 is 24.2 Å². The summed E-state index contributed by atoms with van der Waals surface area (Å²) in [6, 6.07) is 14.2. The predicted octanol–water partition coefficient (Wildman–Crippen LogP) is 4.48. The molecular weight excluding hydrogens is 464 g/mol. The van der Waals surface area contributed by atoms with E-state index in [1.54, 1.807) is 0 Å². The summed E-state index contributed by atoms with van der Waals surface area (Å²) in [6.45, 7) is 7.72. The Morgan fingerprint density at radius 3 is 2.29 bits per heavy atom. The Bertz CT molecular complexity index is 1090. The number of ether oxygens (including phenoxy) is 1. The van der Waals surface area contributed by atoms with Crippen LogP contribution in [0.3, 0.4) is 0 Å². The molecule has 35 heavy (non-hydrogen) atoms. The van der Waals surface area contributed by atoms with Gasteiger partial charge in [-0.15, -0.1) is 18.3 Å². The van der Waals surface area contributed by atoms with Crippen molar-refractivity contribution in [2.24, 2.45) is 5.92 Å². The van der Waals surface area contributed by atoms with Gasteiger partial charge in [-0.05, 0) is 34.6 Å². The molecule has 2 aromatic rings. The number of alkyl carbamates (subject to hydrolysis) is 1. The number of nitrogens with zero attached hydrogens (tertiary/aromatic N) is 1. The molecule has 1 aliphatic heterocycles. The number of rotatable bonds is 8. The van der Waals surface area contributed by atoms with E-state index in [9.17, 15) is 19.5 Å². The zero-order valence-electron chi connectivity index (χ0n) is 19.8. The monoisotopic (exact) mass is 494 g/mol. The number of carboxylic acid groups (broad SMARTS) is 1. The average Bonchev–Trinajstić information content (AvgIpc) is 3.42. The van der Waals surface area contributed by atoms with Crippen molar-refractivity contribution >= 4 is 29.7 Å². The normalized spacial score (nSPS) is 19.7. The number of carbonyl (C=O) groups is 3. The number of nitrogens with one attached hydrogen (secondary N) is 1. The van der Waals surface area contributed by atoms with Gasteiger partial charge in [0.25, 0.3) is 0 Å². The molecule has 2 aromatic carbocycles. The van der Waals surface area contributed by atoms with E-state index < -0.39 is 30.1 Å². The maximum atomic E-state index is 13.4. The van der Waals surface area contributed by atoms with E-state index in [0.29, 0.717) is 5.75 Å². The van der Waals surface area contributed by atoms with Gasteiger partial charge in [-0.3, -0.25) is 4.79 Å². The quantitative estimate of drug-likeness (QED) is 0.526. The molecule has 3 unspecified atom stereocenters. The number of carbonyl (C=O) groups excluding carboxylic acids is 2. The van der Waals surface area contributed by atoms with Crippen LogP contribution in [0.15, 0.2) is 61.2 Å². The molecule has 1 fully saturated rings. The maximum absolute atomic E-state index is 13.4. The second-order valence-corrected chi connectivity index (χ2v) is 10.3. The third-order valence-corrected chi connectivity index (χ3v) is 8.10. The van der Waals surface area contributed by atoms with Crippen LogP contribution in [0.1, 0.15) is 37.3 Å². The maximum Gasteiger partial charge on any atom is 0.407 e. The van der Waals surface area contributed by atoms with Crippen molar-refractivity contribution in [1.82, 2.24) is 10.2 Å². The summed E-state index contributed by atoms with van der Waals surface area (Å²) in [6.07, 6.45) is 0.990.